The van der Waals surface area contributed by atoms with Gasteiger partial charge in [0.05, 0.1) is 6.42 Å². The van der Waals surface area contributed by atoms with Crippen LogP contribution in [0.2, 0.25) is 0 Å². The highest BCUT2D eigenvalue weighted by molar-refractivity contribution is 5.67. The molecule has 1 unspecified atom stereocenters. The zero-order chi connectivity index (χ0) is 12.1. The average Bonchev–Trinajstić information content (AvgIpc) is 2.82. The van der Waals surface area contributed by atoms with Crippen LogP contribution >= 0.6 is 0 Å². The van der Waals surface area contributed by atoms with Crippen molar-refractivity contribution in [2.24, 2.45) is 5.92 Å². The SMILES string of the molecule is O=C(O)CC(CC1CCCC1)c1ccccn1. The van der Waals surface area contributed by atoms with Gasteiger partial charge in [-0.1, -0.05) is 31.7 Å². The van der Waals surface area contributed by atoms with Crippen molar-refractivity contribution in [2.45, 2.75) is 44.4 Å². The monoisotopic (exact) mass is 233 g/mol. The van der Waals surface area contributed by atoms with Crippen LogP contribution in [0.1, 0.15) is 50.1 Å². The molecule has 0 amide bonds. The van der Waals surface area contributed by atoms with Crippen LogP contribution in [0.5, 0.6) is 0 Å². The lowest BCUT2D eigenvalue weighted by atomic mass is 9.88. The van der Waals surface area contributed by atoms with Crippen LogP contribution in [-0.2, 0) is 4.79 Å². The first-order valence-corrected chi connectivity index (χ1v) is 6.38. The second kappa shape index (κ2) is 5.80. The number of hydrogen-bond acceptors (Lipinski definition) is 2. The fourth-order valence-electron chi connectivity index (χ4n) is 2.79. The van der Waals surface area contributed by atoms with E-state index in [1.54, 1.807) is 6.20 Å². The largest absolute Gasteiger partial charge is 0.481 e. The van der Waals surface area contributed by atoms with E-state index in [2.05, 4.69) is 4.98 Å². The first-order chi connectivity index (χ1) is 8.25. The molecule has 1 atom stereocenters. The van der Waals surface area contributed by atoms with Gasteiger partial charge in [0.1, 0.15) is 0 Å². The van der Waals surface area contributed by atoms with Crippen LogP contribution in [0.15, 0.2) is 24.4 Å². The molecule has 0 bridgehead atoms. The summed E-state index contributed by atoms with van der Waals surface area (Å²) < 4.78 is 0. The quantitative estimate of drug-likeness (QED) is 0.849. The first kappa shape index (κ1) is 12.1. The zero-order valence-corrected chi connectivity index (χ0v) is 10.0. The third kappa shape index (κ3) is 3.55. The number of aliphatic carboxylic acids is 1. The van der Waals surface area contributed by atoms with Gasteiger partial charge in [-0.3, -0.25) is 9.78 Å². The molecule has 0 spiro atoms. The van der Waals surface area contributed by atoms with E-state index in [4.69, 9.17) is 5.11 Å². The standard InChI is InChI=1S/C14H19NO2/c16-14(17)10-12(9-11-5-1-2-6-11)13-7-3-4-8-15-13/h3-4,7-8,11-12H,1-2,5-6,9-10H2,(H,16,17). The van der Waals surface area contributed by atoms with E-state index in [1.807, 2.05) is 18.2 Å². The second-order valence-corrected chi connectivity index (χ2v) is 4.94. The first-order valence-electron chi connectivity index (χ1n) is 6.38. The number of pyridine rings is 1. The lowest BCUT2D eigenvalue weighted by Gasteiger charge is -2.18. The van der Waals surface area contributed by atoms with Crippen LogP contribution in [0.25, 0.3) is 0 Å². The van der Waals surface area contributed by atoms with E-state index >= 15 is 0 Å². The minimum atomic E-state index is -0.723. The average molecular weight is 233 g/mol. The van der Waals surface area contributed by atoms with Crippen molar-refractivity contribution in [1.29, 1.82) is 0 Å². The van der Waals surface area contributed by atoms with E-state index in [0.29, 0.717) is 5.92 Å². The third-order valence-electron chi connectivity index (χ3n) is 3.62. The number of carbonyl (C=O) groups is 1. The molecule has 1 aliphatic carbocycles. The molecule has 1 N–H and O–H groups in total. The number of nitrogens with zero attached hydrogens (tertiary/aromatic N) is 1. The van der Waals surface area contributed by atoms with Crippen molar-refractivity contribution in [1.82, 2.24) is 4.98 Å². The summed E-state index contributed by atoms with van der Waals surface area (Å²) in [4.78, 5) is 15.2. The van der Waals surface area contributed by atoms with Gasteiger partial charge in [-0.15, -0.1) is 0 Å². The van der Waals surface area contributed by atoms with Crippen LogP contribution in [-0.4, -0.2) is 16.1 Å². The molecule has 3 nitrogen and oxygen atoms in total. The molecule has 1 heterocycles. The fraction of sp³-hybridized carbons (Fsp3) is 0.571. The summed E-state index contributed by atoms with van der Waals surface area (Å²) >= 11 is 0. The van der Waals surface area contributed by atoms with Crippen molar-refractivity contribution >= 4 is 5.97 Å². The van der Waals surface area contributed by atoms with Gasteiger partial charge in [-0.05, 0) is 24.5 Å². The zero-order valence-electron chi connectivity index (χ0n) is 10.0. The summed E-state index contributed by atoms with van der Waals surface area (Å²) in [6.45, 7) is 0. The van der Waals surface area contributed by atoms with E-state index in [1.165, 1.54) is 25.7 Å². The predicted octanol–water partition coefficient (Wildman–Crippen LogP) is 3.22. The van der Waals surface area contributed by atoms with Gasteiger partial charge in [-0.25, -0.2) is 0 Å². The third-order valence-corrected chi connectivity index (χ3v) is 3.62. The number of carboxylic acid groups (broad SMARTS) is 1. The molecular weight excluding hydrogens is 214 g/mol. The maximum atomic E-state index is 10.9. The lowest BCUT2D eigenvalue weighted by Crippen LogP contribution is -2.11. The molecule has 1 aliphatic rings. The molecule has 0 aliphatic heterocycles. The Bertz CT molecular complexity index is 358. The van der Waals surface area contributed by atoms with Gasteiger partial charge in [0.25, 0.3) is 0 Å². The van der Waals surface area contributed by atoms with Gasteiger partial charge >= 0.3 is 5.97 Å². The van der Waals surface area contributed by atoms with E-state index in [0.717, 1.165) is 12.1 Å². The highest BCUT2D eigenvalue weighted by Crippen LogP contribution is 2.35. The Balaban J connectivity index is 2.04. The molecule has 0 radical (unpaired) electrons. The molecule has 0 aromatic carbocycles. The molecule has 1 fully saturated rings. The normalized spacial score (nSPS) is 18.1. The summed E-state index contributed by atoms with van der Waals surface area (Å²) in [5.74, 6) is 0.0526. The molecule has 3 heteroatoms. The van der Waals surface area contributed by atoms with Gasteiger partial charge in [-0.2, -0.15) is 0 Å². The van der Waals surface area contributed by atoms with Gasteiger partial charge < -0.3 is 5.11 Å². The van der Waals surface area contributed by atoms with Crippen molar-refractivity contribution in [3.63, 3.8) is 0 Å². The number of hydrogen-bond donors (Lipinski definition) is 1. The Hall–Kier alpha value is -1.38. The molecule has 92 valence electrons. The van der Waals surface area contributed by atoms with Crippen molar-refractivity contribution in [3.8, 4) is 0 Å². The van der Waals surface area contributed by atoms with Crippen molar-refractivity contribution < 1.29 is 9.90 Å². The second-order valence-electron chi connectivity index (χ2n) is 4.94. The molecule has 1 aromatic rings. The van der Waals surface area contributed by atoms with E-state index in [9.17, 15) is 4.79 Å². The molecule has 2 rings (SSSR count). The number of rotatable bonds is 5. The Morgan fingerprint density at radius 1 is 1.41 bits per heavy atom. The van der Waals surface area contributed by atoms with Crippen LogP contribution in [0, 0.1) is 5.92 Å². The fourth-order valence-corrected chi connectivity index (χ4v) is 2.79. The maximum Gasteiger partial charge on any atom is 0.304 e. The Morgan fingerprint density at radius 3 is 2.76 bits per heavy atom. The Kier molecular flexibility index (Phi) is 4.13. The summed E-state index contributed by atoms with van der Waals surface area (Å²) in [5, 5.41) is 8.99. The maximum absolute atomic E-state index is 10.9. The summed E-state index contributed by atoms with van der Waals surface area (Å²) in [7, 11) is 0. The predicted molar refractivity (Wildman–Crippen MR) is 65.8 cm³/mol. The van der Waals surface area contributed by atoms with Crippen LogP contribution < -0.4 is 0 Å². The summed E-state index contributed by atoms with van der Waals surface area (Å²) in [6, 6.07) is 5.76. The van der Waals surface area contributed by atoms with Crippen LogP contribution in [0.3, 0.4) is 0 Å². The van der Waals surface area contributed by atoms with Crippen LogP contribution in [0.4, 0.5) is 0 Å². The summed E-state index contributed by atoms with van der Waals surface area (Å²) in [5.41, 5.74) is 0.932. The minimum absolute atomic E-state index is 0.0804. The lowest BCUT2D eigenvalue weighted by molar-refractivity contribution is -0.137. The molecule has 0 saturated heterocycles. The molecule has 1 saturated carbocycles. The molecule has 1 aromatic heterocycles. The number of aromatic nitrogens is 1. The molecule has 17 heavy (non-hydrogen) atoms. The Labute approximate surface area is 102 Å². The van der Waals surface area contributed by atoms with Crippen molar-refractivity contribution in [3.05, 3.63) is 30.1 Å². The van der Waals surface area contributed by atoms with Gasteiger partial charge in [0.15, 0.2) is 0 Å². The number of carboxylic acids is 1. The van der Waals surface area contributed by atoms with Gasteiger partial charge in [0.2, 0.25) is 0 Å². The Morgan fingerprint density at radius 2 is 2.18 bits per heavy atom. The highest BCUT2D eigenvalue weighted by Gasteiger charge is 2.23. The molecular formula is C14H19NO2. The smallest absolute Gasteiger partial charge is 0.304 e. The van der Waals surface area contributed by atoms with Crippen molar-refractivity contribution in [2.75, 3.05) is 0 Å². The van der Waals surface area contributed by atoms with E-state index in [-0.39, 0.29) is 12.3 Å². The topological polar surface area (TPSA) is 50.2 Å². The summed E-state index contributed by atoms with van der Waals surface area (Å²) in [6.07, 6.45) is 8.03. The highest BCUT2D eigenvalue weighted by atomic mass is 16.4. The van der Waals surface area contributed by atoms with E-state index < -0.39 is 5.97 Å². The van der Waals surface area contributed by atoms with Gasteiger partial charge in [0, 0.05) is 17.8 Å². The minimum Gasteiger partial charge on any atom is -0.481 e.